The largest absolute Gasteiger partial charge is 0.480 e. The molecule has 134 valence electrons. The van der Waals surface area contributed by atoms with E-state index in [0.29, 0.717) is 6.42 Å². The van der Waals surface area contributed by atoms with Gasteiger partial charge in [-0.15, -0.1) is 11.3 Å². The molecule has 0 amide bonds. The maximum Gasteiger partial charge on any atom is 0.320 e. The number of hydrogen-bond donors (Lipinski definition) is 1. The van der Waals surface area contributed by atoms with Crippen molar-refractivity contribution in [3.63, 3.8) is 0 Å². The van der Waals surface area contributed by atoms with Crippen LogP contribution in [0.2, 0.25) is 0 Å². The molecule has 1 aliphatic heterocycles. The van der Waals surface area contributed by atoms with Gasteiger partial charge in [0, 0.05) is 4.88 Å². The molecule has 1 aromatic heterocycles. The van der Waals surface area contributed by atoms with E-state index in [1.165, 1.54) is 21.2 Å². The van der Waals surface area contributed by atoms with E-state index < -0.39 is 12.0 Å². The quantitative estimate of drug-likeness (QED) is 0.578. The summed E-state index contributed by atoms with van der Waals surface area (Å²) in [5, 5.41) is 12.2. The zero-order chi connectivity index (χ0) is 18.1. The molecular formula is C21H20BrNO2S. The van der Waals surface area contributed by atoms with E-state index in [-0.39, 0.29) is 6.04 Å². The number of halogens is 1. The summed E-state index contributed by atoms with van der Waals surface area (Å²) in [7, 11) is 0. The van der Waals surface area contributed by atoms with Crippen molar-refractivity contribution in [1.82, 2.24) is 4.90 Å². The minimum Gasteiger partial charge on any atom is -0.480 e. The molecule has 0 spiro atoms. The van der Waals surface area contributed by atoms with Gasteiger partial charge in [-0.3, -0.25) is 9.69 Å². The first-order valence-corrected chi connectivity index (χ1v) is 10.5. The number of benzene rings is 2. The molecular weight excluding hydrogens is 410 g/mol. The average molecular weight is 430 g/mol. The molecule has 1 saturated heterocycles. The number of rotatable bonds is 4. The zero-order valence-electron chi connectivity index (χ0n) is 14.3. The standard InChI is InChI=1S/C21H20BrNO2S/c22-19-12-11-18(26-19)20(23-13-4-3-10-17(23)21(24)25)16-9-5-7-14-6-1-2-8-15(14)16/h1-2,5-9,11-12,17,20H,3-4,10,13H2,(H,24,25). The first-order valence-electron chi connectivity index (χ1n) is 8.86. The van der Waals surface area contributed by atoms with E-state index in [4.69, 9.17) is 0 Å². The predicted octanol–water partition coefficient (Wildman–Crippen LogP) is 5.69. The van der Waals surface area contributed by atoms with Gasteiger partial charge < -0.3 is 5.11 Å². The number of likely N-dealkylation sites (tertiary alicyclic amines) is 1. The van der Waals surface area contributed by atoms with Crippen LogP contribution in [0.5, 0.6) is 0 Å². The van der Waals surface area contributed by atoms with Gasteiger partial charge in [-0.05, 0) is 63.8 Å². The Bertz CT molecular complexity index is 933. The van der Waals surface area contributed by atoms with Crippen LogP contribution in [-0.4, -0.2) is 28.6 Å². The van der Waals surface area contributed by atoms with Gasteiger partial charge in [-0.25, -0.2) is 0 Å². The van der Waals surface area contributed by atoms with Gasteiger partial charge in [0.15, 0.2) is 0 Å². The maximum atomic E-state index is 12.0. The summed E-state index contributed by atoms with van der Waals surface area (Å²) in [5.41, 5.74) is 1.19. The molecule has 0 aliphatic carbocycles. The fourth-order valence-corrected chi connectivity index (χ4v) is 5.55. The summed E-state index contributed by atoms with van der Waals surface area (Å²) in [6, 6.07) is 18.4. The molecule has 3 nitrogen and oxygen atoms in total. The Labute approximate surface area is 165 Å². The normalized spacial score (nSPS) is 19.5. The summed E-state index contributed by atoms with van der Waals surface area (Å²) in [6.07, 6.45) is 2.73. The second-order valence-corrected chi connectivity index (χ2v) is 9.20. The number of fused-ring (bicyclic) bond motifs is 1. The molecule has 5 heteroatoms. The number of carboxylic acid groups (broad SMARTS) is 1. The lowest BCUT2D eigenvalue weighted by Gasteiger charge is -2.39. The van der Waals surface area contributed by atoms with E-state index in [1.807, 2.05) is 6.07 Å². The lowest BCUT2D eigenvalue weighted by atomic mass is 9.92. The molecule has 0 radical (unpaired) electrons. The summed E-state index contributed by atoms with van der Waals surface area (Å²) < 4.78 is 1.07. The van der Waals surface area contributed by atoms with Gasteiger partial charge >= 0.3 is 5.97 Å². The third-order valence-electron chi connectivity index (χ3n) is 5.14. The van der Waals surface area contributed by atoms with Crippen molar-refractivity contribution in [2.24, 2.45) is 0 Å². The van der Waals surface area contributed by atoms with Crippen LogP contribution in [0.1, 0.15) is 35.7 Å². The van der Waals surface area contributed by atoms with Gasteiger partial charge in [0.05, 0.1) is 9.83 Å². The summed E-state index contributed by atoms with van der Waals surface area (Å²) in [5.74, 6) is -0.717. The van der Waals surface area contributed by atoms with E-state index in [1.54, 1.807) is 11.3 Å². The molecule has 4 rings (SSSR count). The number of nitrogens with zero attached hydrogens (tertiary/aromatic N) is 1. The lowest BCUT2D eigenvalue weighted by Crippen LogP contribution is -2.46. The van der Waals surface area contributed by atoms with Crippen molar-refractivity contribution in [3.8, 4) is 0 Å². The highest BCUT2D eigenvalue weighted by atomic mass is 79.9. The first-order chi connectivity index (χ1) is 12.6. The fraction of sp³-hybridized carbons (Fsp3) is 0.286. The molecule has 1 aliphatic rings. The van der Waals surface area contributed by atoms with E-state index in [0.717, 1.165) is 23.2 Å². The Balaban J connectivity index is 1.89. The van der Waals surface area contributed by atoms with E-state index in [2.05, 4.69) is 69.4 Å². The summed E-state index contributed by atoms with van der Waals surface area (Å²) in [6.45, 7) is 0.806. The fourth-order valence-electron chi connectivity index (χ4n) is 3.99. The summed E-state index contributed by atoms with van der Waals surface area (Å²) in [4.78, 5) is 15.3. The van der Waals surface area contributed by atoms with Crippen LogP contribution in [0.15, 0.2) is 58.4 Å². The Morgan fingerprint density at radius 3 is 2.69 bits per heavy atom. The molecule has 0 saturated carbocycles. The number of hydrogen-bond acceptors (Lipinski definition) is 3. The Kier molecular flexibility index (Phi) is 5.11. The topological polar surface area (TPSA) is 40.5 Å². The minimum absolute atomic E-state index is 0.0428. The van der Waals surface area contributed by atoms with Gasteiger partial charge in [0.2, 0.25) is 0 Å². The van der Waals surface area contributed by atoms with Gasteiger partial charge in [0.1, 0.15) is 6.04 Å². The third kappa shape index (κ3) is 3.31. The van der Waals surface area contributed by atoms with Crippen LogP contribution in [0.4, 0.5) is 0 Å². The predicted molar refractivity (Wildman–Crippen MR) is 110 cm³/mol. The Morgan fingerprint density at radius 1 is 1.12 bits per heavy atom. The number of aliphatic carboxylic acids is 1. The van der Waals surface area contributed by atoms with E-state index in [9.17, 15) is 9.90 Å². The molecule has 2 heterocycles. The highest BCUT2D eigenvalue weighted by Gasteiger charge is 2.36. The van der Waals surface area contributed by atoms with Crippen molar-refractivity contribution in [3.05, 3.63) is 68.8 Å². The second-order valence-electron chi connectivity index (χ2n) is 6.70. The number of carbonyl (C=O) groups is 1. The monoisotopic (exact) mass is 429 g/mol. The molecule has 2 atom stereocenters. The summed E-state index contributed by atoms with van der Waals surface area (Å²) >= 11 is 5.26. The number of thiophene rings is 1. The maximum absolute atomic E-state index is 12.0. The Morgan fingerprint density at radius 2 is 1.92 bits per heavy atom. The van der Waals surface area contributed by atoms with Crippen LogP contribution in [0.3, 0.4) is 0 Å². The van der Waals surface area contributed by atoms with Crippen LogP contribution in [0, 0.1) is 0 Å². The molecule has 2 aromatic carbocycles. The van der Waals surface area contributed by atoms with Crippen LogP contribution < -0.4 is 0 Å². The zero-order valence-corrected chi connectivity index (χ0v) is 16.7. The minimum atomic E-state index is -0.717. The van der Waals surface area contributed by atoms with Crippen LogP contribution in [0.25, 0.3) is 10.8 Å². The van der Waals surface area contributed by atoms with Crippen molar-refractivity contribution >= 4 is 44.0 Å². The van der Waals surface area contributed by atoms with Crippen LogP contribution >= 0.6 is 27.3 Å². The Hall–Kier alpha value is -1.69. The molecule has 26 heavy (non-hydrogen) atoms. The number of piperidine rings is 1. The molecule has 1 N–H and O–H groups in total. The van der Waals surface area contributed by atoms with Gasteiger partial charge in [-0.1, -0.05) is 48.9 Å². The SMILES string of the molecule is O=C(O)C1CCCCN1C(c1ccc(Br)s1)c1cccc2ccccc12. The average Bonchev–Trinajstić information content (AvgIpc) is 3.08. The van der Waals surface area contributed by atoms with Gasteiger partial charge in [-0.2, -0.15) is 0 Å². The molecule has 3 aromatic rings. The van der Waals surface area contributed by atoms with E-state index >= 15 is 0 Å². The number of carboxylic acids is 1. The van der Waals surface area contributed by atoms with Crippen LogP contribution in [-0.2, 0) is 4.79 Å². The highest BCUT2D eigenvalue weighted by Crippen LogP contribution is 2.41. The first kappa shape index (κ1) is 17.7. The lowest BCUT2D eigenvalue weighted by molar-refractivity contribution is -0.145. The molecule has 2 unspecified atom stereocenters. The third-order valence-corrected chi connectivity index (χ3v) is 6.82. The van der Waals surface area contributed by atoms with Gasteiger partial charge in [0.25, 0.3) is 0 Å². The second kappa shape index (κ2) is 7.51. The molecule has 1 fully saturated rings. The highest BCUT2D eigenvalue weighted by molar-refractivity contribution is 9.11. The van der Waals surface area contributed by atoms with Crippen molar-refractivity contribution < 1.29 is 9.90 Å². The molecule has 0 bridgehead atoms. The van der Waals surface area contributed by atoms with Crippen molar-refractivity contribution in [2.45, 2.75) is 31.3 Å². The van der Waals surface area contributed by atoms with Crippen molar-refractivity contribution in [1.29, 1.82) is 0 Å². The smallest absolute Gasteiger partial charge is 0.320 e. The van der Waals surface area contributed by atoms with Crippen molar-refractivity contribution in [2.75, 3.05) is 6.54 Å².